The number of carbonyl (C=O) groups is 1. The summed E-state index contributed by atoms with van der Waals surface area (Å²) in [6.07, 6.45) is 0.407. The summed E-state index contributed by atoms with van der Waals surface area (Å²) in [5.74, 6) is -0.874. The van der Waals surface area contributed by atoms with E-state index in [1.807, 2.05) is 31.2 Å². The smallest absolute Gasteiger partial charge is 0.303 e. The van der Waals surface area contributed by atoms with Gasteiger partial charge in [-0.2, -0.15) is 0 Å². The maximum absolute atomic E-state index is 12.2. The summed E-state index contributed by atoms with van der Waals surface area (Å²) >= 11 is 0. The van der Waals surface area contributed by atoms with Crippen LogP contribution in [0.4, 0.5) is 0 Å². The number of sulfonamides is 1. The molecule has 0 aliphatic heterocycles. The highest BCUT2D eigenvalue weighted by molar-refractivity contribution is 7.89. The molecule has 6 heteroatoms. The summed E-state index contributed by atoms with van der Waals surface area (Å²) in [5, 5.41) is 8.65. The van der Waals surface area contributed by atoms with E-state index < -0.39 is 16.0 Å². The fourth-order valence-electron chi connectivity index (χ4n) is 2.05. The summed E-state index contributed by atoms with van der Waals surface area (Å²) in [7, 11) is -3.58. The highest BCUT2D eigenvalue weighted by Crippen LogP contribution is 2.13. The van der Waals surface area contributed by atoms with Crippen molar-refractivity contribution in [1.82, 2.24) is 4.72 Å². The van der Waals surface area contributed by atoms with E-state index in [4.69, 9.17) is 5.11 Å². The van der Waals surface area contributed by atoms with Crippen molar-refractivity contribution in [1.29, 1.82) is 0 Å². The lowest BCUT2D eigenvalue weighted by Crippen LogP contribution is -2.23. The van der Waals surface area contributed by atoms with Crippen molar-refractivity contribution in [3.05, 3.63) is 65.2 Å². The SMILES string of the molecule is Cc1ccc(CNS(=O)(=O)c2ccc(CCC(=O)O)cc2)cc1. The number of aryl methyl sites for hydroxylation is 2. The summed E-state index contributed by atoms with van der Waals surface area (Å²) in [4.78, 5) is 10.7. The Bertz CT molecular complexity index is 765. The van der Waals surface area contributed by atoms with Gasteiger partial charge in [-0.15, -0.1) is 0 Å². The Kier molecular flexibility index (Phi) is 5.52. The first-order valence-corrected chi connectivity index (χ1v) is 8.71. The predicted molar refractivity (Wildman–Crippen MR) is 87.6 cm³/mol. The van der Waals surface area contributed by atoms with Crippen LogP contribution in [0.3, 0.4) is 0 Å². The van der Waals surface area contributed by atoms with Crippen LogP contribution in [0.25, 0.3) is 0 Å². The third-order valence-electron chi connectivity index (χ3n) is 3.45. The summed E-state index contributed by atoms with van der Waals surface area (Å²) in [6, 6.07) is 13.9. The number of carboxylic acids is 1. The molecule has 0 saturated heterocycles. The van der Waals surface area contributed by atoms with Gasteiger partial charge in [-0.25, -0.2) is 13.1 Å². The Balaban J connectivity index is 2.01. The molecule has 0 spiro atoms. The standard InChI is InChI=1S/C17H19NO4S/c1-13-2-4-15(5-3-13)12-18-23(21,22)16-9-6-14(7-10-16)8-11-17(19)20/h2-7,9-10,18H,8,11-12H2,1H3,(H,19,20). The average Bonchev–Trinajstić information content (AvgIpc) is 2.53. The Labute approximate surface area is 136 Å². The summed E-state index contributed by atoms with van der Waals surface area (Å²) in [5.41, 5.74) is 2.80. The zero-order valence-electron chi connectivity index (χ0n) is 12.8. The van der Waals surface area contributed by atoms with Crippen LogP contribution in [0.1, 0.15) is 23.1 Å². The second-order valence-electron chi connectivity index (χ2n) is 5.35. The number of rotatable bonds is 7. The van der Waals surface area contributed by atoms with Crippen molar-refractivity contribution in [3.8, 4) is 0 Å². The lowest BCUT2D eigenvalue weighted by atomic mass is 10.1. The molecule has 23 heavy (non-hydrogen) atoms. The van der Waals surface area contributed by atoms with Crippen LogP contribution in [0.2, 0.25) is 0 Å². The van der Waals surface area contributed by atoms with Crippen LogP contribution in [0.15, 0.2) is 53.4 Å². The van der Waals surface area contributed by atoms with Gasteiger partial charge in [0.05, 0.1) is 4.90 Å². The third kappa shape index (κ3) is 5.19. The minimum atomic E-state index is -3.58. The van der Waals surface area contributed by atoms with Gasteiger partial charge >= 0.3 is 5.97 Å². The first kappa shape index (κ1) is 17.2. The molecule has 0 aromatic heterocycles. The molecule has 0 saturated carbocycles. The van der Waals surface area contributed by atoms with E-state index in [1.54, 1.807) is 12.1 Å². The predicted octanol–water partition coefficient (Wildman–Crippen LogP) is 2.49. The summed E-state index contributed by atoms with van der Waals surface area (Å²) in [6.45, 7) is 2.20. The van der Waals surface area contributed by atoms with Crippen LogP contribution < -0.4 is 4.72 Å². The number of carboxylic acid groups (broad SMARTS) is 1. The van der Waals surface area contributed by atoms with E-state index in [9.17, 15) is 13.2 Å². The van der Waals surface area contributed by atoms with Crippen molar-refractivity contribution in [2.45, 2.75) is 31.2 Å². The average molecular weight is 333 g/mol. The van der Waals surface area contributed by atoms with E-state index in [-0.39, 0.29) is 17.9 Å². The Morgan fingerprint density at radius 3 is 2.13 bits per heavy atom. The zero-order valence-corrected chi connectivity index (χ0v) is 13.6. The van der Waals surface area contributed by atoms with Crippen LogP contribution in [0.5, 0.6) is 0 Å². The molecule has 0 heterocycles. The largest absolute Gasteiger partial charge is 0.481 e. The molecule has 0 fully saturated rings. The fraction of sp³-hybridized carbons (Fsp3) is 0.235. The molecule has 0 bridgehead atoms. The molecule has 2 aromatic rings. The number of hydrogen-bond donors (Lipinski definition) is 2. The highest BCUT2D eigenvalue weighted by atomic mass is 32.2. The van der Waals surface area contributed by atoms with Crippen molar-refractivity contribution in [2.24, 2.45) is 0 Å². The molecule has 0 atom stereocenters. The molecule has 5 nitrogen and oxygen atoms in total. The normalized spacial score (nSPS) is 11.3. The van der Waals surface area contributed by atoms with Crippen LogP contribution in [-0.2, 0) is 27.8 Å². The van der Waals surface area contributed by atoms with Gasteiger partial charge in [0.25, 0.3) is 0 Å². The Hall–Kier alpha value is -2.18. The van der Waals surface area contributed by atoms with E-state index in [1.165, 1.54) is 12.1 Å². The van der Waals surface area contributed by atoms with Crippen molar-refractivity contribution < 1.29 is 18.3 Å². The van der Waals surface area contributed by atoms with Crippen molar-refractivity contribution >= 4 is 16.0 Å². The second-order valence-corrected chi connectivity index (χ2v) is 7.11. The fourth-order valence-corrected chi connectivity index (χ4v) is 3.07. The zero-order chi connectivity index (χ0) is 16.9. The maximum atomic E-state index is 12.2. The molecule has 2 N–H and O–H groups in total. The molecule has 0 radical (unpaired) electrons. The molecule has 0 aliphatic carbocycles. The minimum Gasteiger partial charge on any atom is -0.481 e. The highest BCUT2D eigenvalue weighted by Gasteiger charge is 2.13. The van der Waals surface area contributed by atoms with Crippen LogP contribution in [-0.4, -0.2) is 19.5 Å². The molecule has 0 unspecified atom stereocenters. The second kappa shape index (κ2) is 7.39. The van der Waals surface area contributed by atoms with E-state index in [2.05, 4.69) is 4.72 Å². The topological polar surface area (TPSA) is 83.5 Å². The number of aliphatic carboxylic acids is 1. The molecule has 2 aromatic carbocycles. The number of hydrogen-bond acceptors (Lipinski definition) is 3. The van der Waals surface area contributed by atoms with Gasteiger partial charge in [0.15, 0.2) is 0 Å². The van der Waals surface area contributed by atoms with Gasteiger partial charge in [0, 0.05) is 13.0 Å². The van der Waals surface area contributed by atoms with E-state index in [0.717, 1.165) is 16.7 Å². The van der Waals surface area contributed by atoms with Crippen molar-refractivity contribution in [3.63, 3.8) is 0 Å². The van der Waals surface area contributed by atoms with Gasteiger partial charge < -0.3 is 5.11 Å². The monoisotopic (exact) mass is 333 g/mol. The lowest BCUT2D eigenvalue weighted by molar-refractivity contribution is -0.136. The minimum absolute atomic E-state index is 0.0256. The van der Waals surface area contributed by atoms with Gasteiger partial charge in [-0.05, 0) is 36.6 Å². The molecule has 0 aliphatic rings. The quantitative estimate of drug-likeness (QED) is 0.815. The number of nitrogens with one attached hydrogen (secondary N) is 1. The third-order valence-corrected chi connectivity index (χ3v) is 4.87. The van der Waals surface area contributed by atoms with Gasteiger partial charge in [-0.3, -0.25) is 4.79 Å². The van der Waals surface area contributed by atoms with E-state index >= 15 is 0 Å². The Morgan fingerprint density at radius 1 is 1.00 bits per heavy atom. The molecule has 122 valence electrons. The van der Waals surface area contributed by atoms with Gasteiger partial charge in [0.1, 0.15) is 0 Å². The van der Waals surface area contributed by atoms with Gasteiger partial charge in [0.2, 0.25) is 10.0 Å². The molecule has 0 amide bonds. The summed E-state index contributed by atoms with van der Waals surface area (Å²) < 4.78 is 27.0. The Morgan fingerprint density at radius 2 is 1.57 bits per heavy atom. The van der Waals surface area contributed by atoms with Gasteiger partial charge in [-0.1, -0.05) is 42.0 Å². The lowest BCUT2D eigenvalue weighted by Gasteiger charge is -2.08. The first-order chi connectivity index (χ1) is 10.9. The molecule has 2 rings (SSSR count). The van der Waals surface area contributed by atoms with Crippen LogP contribution in [0, 0.1) is 6.92 Å². The first-order valence-electron chi connectivity index (χ1n) is 7.23. The number of benzene rings is 2. The van der Waals surface area contributed by atoms with Crippen molar-refractivity contribution in [2.75, 3.05) is 0 Å². The molecular formula is C17H19NO4S. The van der Waals surface area contributed by atoms with Crippen LogP contribution >= 0.6 is 0 Å². The van der Waals surface area contributed by atoms with E-state index in [0.29, 0.717) is 6.42 Å². The maximum Gasteiger partial charge on any atom is 0.303 e. The molecular weight excluding hydrogens is 314 g/mol.